The van der Waals surface area contributed by atoms with Crippen LogP contribution in [0.4, 0.5) is 0 Å². The molecule has 4 atom stereocenters. The lowest BCUT2D eigenvalue weighted by molar-refractivity contribution is 0.107. The van der Waals surface area contributed by atoms with Gasteiger partial charge in [-0.25, -0.2) is 4.79 Å². The zero-order chi connectivity index (χ0) is 19.2. The van der Waals surface area contributed by atoms with Gasteiger partial charge in [-0.15, -0.1) is 0 Å². The largest absolute Gasteiger partial charge is 0.427 e. The minimum atomic E-state index is -0.151. The normalized spacial score (nSPS) is 28.3. The molecule has 2 heteroatoms. The summed E-state index contributed by atoms with van der Waals surface area (Å²) in [6, 6.07) is 7.99. The van der Waals surface area contributed by atoms with E-state index in [1.807, 2.05) is 18.2 Å². The van der Waals surface area contributed by atoms with E-state index in [2.05, 4.69) is 33.8 Å². The second-order valence-electron chi connectivity index (χ2n) is 9.82. The Balaban J connectivity index is 1.64. The van der Waals surface area contributed by atoms with Crippen LogP contribution >= 0.6 is 0 Å². The third kappa shape index (κ3) is 3.15. The first kappa shape index (κ1) is 18.8. The first-order chi connectivity index (χ1) is 12.9. The molecule has 2 nitrogen and oxygen atoms in total. The Labute approximate surface area is 163 Å². The molecule has 0 saturated heterocycles. The summed E-state index contributed by atoms with van der Waals surface area (Å²) in [6.45, 7) is 9.58. The summed E-state index contributed by atoms with van der Waals surface area (Å²) in [5, 5.41) is 1.87. The van der Waals surface area contributed by atoms with Gasteiger partial charge >= 0.3 is 5.63 Å². The molecule has 0 spiro atoms. The van der Waals surface area contributed by atoms with Crippen LogP contribution in [0.15, 0.2) is 33.5 Å². The van der Waals surface area contributed by atoms with E-state index in [4.69, 9.17) is 4.42 Å². The van der Waals surface area contributed by atoms with Crippen LogP contribution in [-0.2, 0) is 6.42 Å². The van der Waals surface area contributed by atoms with Crippen LogP contribution in [0, 0.1) is 23.2 Å². The topological polar surface area (TPSA) is 30.2 Å². The van der Waals surface area contributed by atoms with E-state index < -0.39 is 0 Å². The average molecular weight is 367 g/mol. The average Bonchev–Trinajstić information content (AvgIpc) is 2.99. The smallest absolute Gasteiger partial charge is 0.343 e. The fraction of sp³-hybridized carbons (Fsp3) is 0.640. The summed E-state index contributed by atoms with van der Waals surface area (Å²) in [4.78, 5) is 12.6. The van der Waals surface area contributed by atoms with Gasteiger partial charge in [0, 0.05) is 5.92 Å². The molecule has 2 aromatic rings. The standard InChI is InChI=1S/C25H34O2/c1-16(2)8-7-9-17(3)21-12-13-22-23-19(14-15-25(21,22)4)18-10-5-6-11-20(18)24(26)27-23/h5-6,10-11,16-17,21-22H,7-9,12-15H2,1-4H3/t17-,21-,22+,25-/m1/s1. The number of hydrogen-bond donors (Lipinski definition) is 0. The van der Waals surface area contributed by atoms with Gasteiger partial charge in [-0.05, 0) is 65.9 Å². The molecule has 4 rings (SSSR count). The predicted octanol–water partition coefficient (Wildman–Crippen LogP) is 6.70. The lowest BCUT2D eigenvalue weighted by atomic mass is 9.62. The van der Waals surface area contributed by atoms with Gasteiger partial charge in [-0.1, -0.05) is 65.2 Å². The predicted molar refractivity (Wildman–Crippen MR) is 112 cm³/mol. The highest BCUT2D eigenvalue weighted by Gasteiger charge is 2.52. The molecule has 0 unspecified atom stereocenters. The first-order valence-corrected chi connectivity index (χ1v) is 11.0. The quantitative estimate of drug-likeness (QED) is 0.589. The first-order valence-electron chi connectivity index (χ1n) is 11.0. The van der Waals surface area contributed by atoms with Gasteiger partial charge < -0.3 is 4.42 Å². The summed E-state index contributed by atoms with van der Waals surface area (Å²) in [5.74, 6) is 3.74. The Morgan fingerprint density at radius 1 is 1.11 bits per heavy atom. The van der Waals surface area contributed by atoms with E-state index in [0.717, 1.165) is 40.7 Å². The third-order valence-electron chi connectivity index (χ3n) is 7.74. The fourth-order valence-corrected chi connectivity index (χ4v) is 6.25. The highest BCUT2D eigenvalue weighted by atomic mass is 16.4. The lowest BCUT2D eigenvalue weighted by Crippen LogP contribution is -2.35. The van der Waals surface area contributed by atoms with Crippen molar-refractivity contribution in [2.75, 3.05) is 0 Å². The zero-order valence-corrected chi connectivity index (χ0v) is 17.4. The summed E-state index contributed by atoms with van der Waals surface area (Å²) >= 11 is 0. The molecule has 1 aromatic heterocycles. The van der Waals surface area contributed by atoms with E-state index in [9.17, 15) is 4.79 Å². The van der Waals surface area contributed by atoms with Crippen LogP contribution in [0.3, 0.4) is 0 Å². The molecule has 1 fully saturated rings. The number of benzene rings is 1. The van der Waals surface area contributed by atoms with Gasteiger partial charge in [-0.3, -0.25) is 0 Å². The van der Waals surface area contributed by atoms with E-state index >= 15 is 0 Å². The van der Waals surface area contributed by atoms with E-state index in [1.54, 1.807) is 0 Å². The Morgan fingerprint density at radius 3 is 2.59 bits per heavy atom. The second kappa shape index (κ2) is 7.11. The molecule has 0 bridgehead atoms. The molecule has 146 valence electrons. The molecule has 0 aliphatic heterocycles. The van der Waals surface area contributed by atoms with Gasteiger partial charge in [0.25, 0.3) is 0 Å². The van der Waals surface area contributed by atoms with Crippen molar-refractivity contribution in [3.05, 3.63) is 46.0 Å². The summed E-state index contributed by atoms with van der Waals surface area (Å²) in [7, 11) is 0. The monoisotopic (exact) mass is 366 g/mol. The second-order valence-corrected chi connectivity index (χ2v) is 9.82. The molecule has 1 saturated carbocycles. The molecule has 27 heavy (non-hydrogen) atoms. The SMILES string of the molecule is CC(C)CCC[C@@H](C)[C@H]1CC[C@H]2c3oc(=O)c4ccccc4c3CC[C@]12C. The molecule has 0 radical (unpaired) electrons. The van der Waals surface area contributed by atoms with Crippen LogP contribution in [0.5, 0.6) is 0 Å². The highest BCUT2D eigenvalue weighted by molar-refractivity contribution is 5.85. The number of aryl methyl sites for hydroxylation is 1. The molecule has 1 aromatic carbocycles. The van der Waals surface area contributed by atoms with E-state index in [0.29, 0.717) is 5.92 Å². The fourth-order valence-electron chi connectivity index (χ4n) is 6.25. The van der Waals surface area contributed by atoms with Crippen molar-refractivity contribution in [1.82, 2.24) is 0 Å². The third-order valence-corrected chi connectivity index (χ3v) is 7.74. The van der Waals surface area contributed by atoms with Crippen molar-refractivity contribution >= 4 is 10.8 Å². The number of hydrogen-bond acceptors (Lipinski definition) is 2. The maximum Gasteiger partial charge on any atom is 0.343 e. The van der Waals surface area contributed by atoms with Gasteiger partial charge in [0.05, 0.1) is 5.39 Å². The highest BCUT2D eigenvalue weighted by Crippen LogP contribution is 2.61. The van der Waals surface area contributed by atoms with Gasteiger partial charge in [0.2, 0.25) is 0 Å². The van der Waals surface area contributed by atoms with Gasteiger partial charge in [0.1, 0.15) is 5.76 Å². The van der Waals surface area contributed by atoms with Crippen LogP contribution in [0.25, 0.3) is 10.8 Å². The summed E-state index contributed by atoms with van der Waals surface area (Å²) in [6.07, 6.45) is 8.72. The van der Waals surface area contributed by atoms with Crippen molar-refractivity contribution in [3.63, 3.8) is 0 Å². The van der Waals surface area contributed by atoms with Gasteiger partial charge in [-0.2, -0.15) is 0 Å². The van der Waals surface area contributed by atoms with Crippen LogP contribution < -0.4 is 5.63 Å². The zero-order valence-electron chi connectivity index (χ0n) is 17.4. The van der Waals surface area contributed by atoms with Crippen molar-refractivity contribution in [3.8, 4) is 0 Å². The minimum Gasteiger partial charge on any atom is -0.427 e. The number of rotatable bonds is 5. The van der Waals surface area contributed by atoms with Crippen LogP contribution in [-0.4, -0.2) is 0 Å². The molecule has 1 heterocycles. The molecular formula is C25H34O2. The minimum absolute atomic E-state index is 0.151. The molecule has 0 N–H and O–H groups in total. The Morgan fingerprint density at radius 2 is 1.85 bits per heavy atom. The molecule has 2 aliphatic carbocycles. The molecule has 2 aliphatic rings. The molecule has 0 amide bonds. The van der Waals surface area contributed by atoms with Crippen LogP contribution in [0.2, 0.25) is 0 Å². The Hall–Kier alpha value is -1.57. The maximum absolute atomic E-state index is 12.6. The lowest BCUT2D eigenvalue weighted by Gasteiger charge is -2.43. The van der Waals surface area contributed by atoms with Crippen molar-refractivity contribution in [2.24, 2.45) is 23.2 Å². The van der Waals surface area contributed by atoms with Gasteiger partial charge in [0.15, 0.2) is 0 Å². The Kier molecular flexibility index (Phi) is 4.94. The molecular weight excluding hydrogens is 332 g/mol. The van der Waals surface area contributed by atoms with E-state index in [1.165, 1.54) is 44.1 Å². The van der Waals surface area contributed by atoms with Crippen molar-refractivity contribution < 1.29 is 4.42 Å². The van der Waals surface area contributed by atoms with Crippen molar-refractivity contribution in [1.29, 1.82) is 0 Å². The number of fused-ring (bicyclic) bond motifs is 5. The summed E-state index contributed by atoms with van der Waals surface area (Å²) in [5.41, 5.74) is 1.44. The maximum atomic E-state index is 12.6. The summed E-state index contributed by atoms with van der Waals surface area (Å²) < 4.78 is 5.98. The van der Waals surface area contributed by atoms with Crippen LogP contribution in [0.1, 0.15) is 83.5 Å². The van der Waals surface area contributed by atoms with Crippen molar-refractivity contribution in [2.45, 2.75) is 78.6 Å². The Bertz CT molecular complexity index is 878. The van der Waals surface area contributed by atoms with E-state index in [-0.39, 0.29) is 11.0 Å².